The summed E-state index contributed by atoms with van der Waals surface area (Å²) in [5.41, 5.74) is 0.0844. The third kappa shape index (κ3) is 3.08. The molecule has 2 nitrogen and oxygen atoms in total. The SMILES string of the molecule is CC[Si](Cc1cc(F)c(F)cc1F)(OC)OC. The van der Waals surface area contributed by atoms with Gasteiger partial charge >= 0.3 is 8.56 Å². The largest absolute Gasteiger partial charge is 0.397 e. The highest BCUT2D eigenvalue weighted by atomic mass is 28.4. The lowest BCUT2D eigenvalue weighted by Gasteiger charge is -2.26. The van der Waals surface area contributed by atoms with Crippen molar-refractivity contribution in [2.45, 2.75) is 19.0 Å². The van der Waals surface area contributed by atoms with Crippen LogP contribution in [0.2, 0.25) is 6.04 Å². The van der Waals surface area contributed by atoms with Crippen molar-refractivity contribution >= 4 is 8.56 Å². The Morgan fingerprint density at radius 1 is 1.00 bits per heavy atom. The van der Waals surface area contributed by atoms with Crippen LogP contribution >= 0.6 is 0 Å². The summed E-state index contributed by atoms with van der Waals surface area (Å²) in [4.78, 5) is 0. The molecule has 17 heavy (non-hydrogen) atoms. The average Bonchev–Trinajstić information content (AvgIpc) is 2.33. The second-order valence-corrected chi connectivity index (χ2v) is 7.41. The Morgan fingerprint density at radius 3 is 2.00 bits per heavy atom. The fourth-order valence-electron chi connectivity index (χ4n) is 1.63. The Labute approximate surface area is 99.6 Å². The van der Waals surface area contributed by atoms with E-state index in [1.54, 1.807) is 0 Å². The highest BCUT2D eigenvalue weighted by molar-refractivity contribution is 6.66. The van der Waals surface area contributed by atoms with Crippen LogP contribution < -0.4 is 0 Å². The molecule has 1 aromatic carbocycles. The molecule has 0 unspecified atom stereocenters. The number of benzene rings is 1. The lowest BCUT2D eigenvalue weighted by molar-refractivity contribution is 0.241. The smallest absolute Gasteiger partial charge is 0.341 e. The first kappa shape index (κ1) is 14.2. The maximum atomic E-state index is 13.5. The van der Waals surface area contributed by atoms with Crippen molar-refractivity contribution in [3.8, 4) is 0 Å². The molecule has 1 aromatic rings. The van der Waals surface area contributed by atoms with Gasteiger partial charge in [-0.25, -0.2) is 13.2 Å². The maximum Gasteiger partial charge on any atom is 0.341 e. The van der Waals surface area contributed by atoms with Crippen LogP contribution in [0.4, 0.5) is 13.2 Å². The Balaban J connectivity index is 3.05. The van der Waals surface area contributed by atoms with Crippen LogP contribution in [-0.2, 0) is 14.9 Å². The van der Waals surface area contributed by atoms with Crippen LogP contribution in [-0.4, -0.2) is 22.8 Å². The Morgan fingerprint density at radius 2 is 1.53 bits per heavy atom. The van der Waals surface area contributed by atoms with E-state index in [4.69, 9.17) is 8.85 Å². The van der Waals surface area contributed by atoms with E-state index in [9.17, 15) is 13.2 Å². The van der Waals surface area contributed by atoms with Crippen LogP contribution in [0, 0.1) is 17.5 Å². The predicted molar refractivity (Wildman–Crippen MR) is 60.3 cm³/mol. The summed E-state index contributed by atoms with van der Waals surface area (Å²) >= 11 is 0. The van der Waals surface area contributed by atoms with Gasteiger partial charge in [0.1, 0.15) is 5.82 Å². The summed E-state index contributed by atoms with van der Waals surface area (Å²) in [5.74, 6) is -3.03. The first-order valence-corrected chi connectivity index (χ1v) is 7.44. The van der Waals surface area contributed by atoms with Crippen molar-refractivity contribution in [2.75, 3.05) is 14.2 Å². The topological polar surface area (TPSA) is 18.5 Å². The maximum absolute atomic E-state index is 13.5. The summed E-state index contributed by atoms with van der Waals surface area (Å²) < 4.78 is 49.9. The van der Waals surface area contributed by atoms with Gasteiger partial charge in [-0.3, -0.25) is 0 Å². The fraction of sp³-hybridized carbons (Fsp3) is 0.455. The zero-order valence-electron chi connectivity index (χ0n) is 10.0. The summed E-state index contributed by atoms with van der Waals surface area (Å²) in [6, 6.07) is 2.16. The first-order valence-electron chi connectivity index (χ1n) is 5.21. The van der Waals surface area contributed by atoms with Crippen LogP contribution in [0.5, 0.6) is 0 Å². The molecular weight excluding hydrogens is 249 g/mol. The van der Waals surface area contributed by atoms with Gasteiger partial charge in [-0.05, 0) is 17.7 Å². The molecule has 0 saturated heterocycles. The summed E-state index contributed by atoms with van der Waals surface area (Å²) in [5, 5.41) is 0. The van der Waals surface area contributed by atoms with E-state index >= 15 is 0 Å². The number of halogens is 3. The highest BCUT2D eigenvalue weighted by Crippen LogP contribution is 2.22. The molecule has 0 aliphatic heterocycles. The minimum absolute atomic E-state index is 0.0844. The molecule has 6 heteroatoms. The molecule has 0 aliphatic carbocycles. The molecular formula is C11H15F3O2Si. The predicted octanol–water partition coefficient (Wildman–Crippen LogP) is 2.94. The Bertz CT molecular complexity index is 386. The second-order valence-electron chi connectivity index (χ2n) is 3.71. The molecule has 0 fully saturated rings. The minimum Gasteiger partial charge on any atom is -0.397 e. The van der Waals surface area contributed by atoms with E-state index in [0.717, 1.165) is 6.07 Å². The molecule has 0 N–H and O–H groups in total. The monoisotopic (exact) mass is 264 g/mol. The summed E-state index contributed by atoms with van der Waals surface area (Å²) in [6.45, 7) is 1.86. The molecule has 0 aromatic heterocycles. The van der Waals surface area contributed by atoms with Gasteiger partial charge in [-0.15, -0.1) is 0 Å². The average molecular weight is 264 g/mol. The van der Waals surface area contributed by atoms with Crippen molar-refractivity contribution in [3.05, 3.63) is 35.1 Å². The Kier molecular flexibility index (Phi) is 4.73. The van der Waals surface area contributed by atoms with Gasteiger partial charge in [0.2, 0.25) is 0 Å². The number of hydrogen-bond donors (Lipinski definition) is 0. The number of hydrogen-bond acceptors (Lipinski definition) is 2. The van der Waals surface area contributed by atoms with Gasteiger partial charge < -0.3 is 8.85 Å². The fourth-order valence-corrected chi connectivity index (χ4v) is 3.76. The van der Waals surface area contributed by atoms with E-state index in [1.165, 1.54) is 14.2 Å². The lowest BCUT2D eigenvalue weighted by Crippen LogP contribution is -2.42. The molecule has 1 rings (SSSR count). The molecule has 96 valence electrons. The number of rotatable bonds is 5. The van der Waals surface area contributed by atoms with E-state index < -0.39 is 26.0 Å². The van der Waals surface area contributed by atoms with Crippen LogP contribution in [0.1, 0.15) is 12.5 Å². The molecule has 0 saturated carbocycles. The van der Waals surface area contributed by atoms with Gasteiger partial charge in [-0.1, -0.05) is 6.92 Å². The molecule has 0 atom stereocenters. The van der Waals surface area contributed by atoms with Crippen LogP contribution in [0.25, 0.3) is 0 Å². The molecule has 0 spiro atoms. The second kappa shape index (κ2) is 5.66. The van der Waals surface area contributed by atoms with E-state index in [1.807, 2.05) is 6.92 Å². The minimum atomic E-state index is -2.56. The first-order chi connectivity index (χ1) is 7.98. The van der Waals surface area contributed by atoms with E-state index in [-0.39, 0.29) is 11.6 Å². The quantitative estimate of drug-likeness (QED) is 0.601. The molecule has 0 aliphatic rings. The lowest BCUT2D eigenvalue weighted by atomic mass is 10.2. The van der Waals surface area contributed by atoms with Crippen molar-refractivity contribution in [2.24, 2.45) is 0 Å². The summed E-state index contributed by atoms with van der Waals surface area (Å²) in [7, 11) is 0.407. The molecule has 0 bridgehead atoms. The molecule has 0 radical (unpaired) electrons. The molecule has 0 heterocycles. The van der Waals surface area contributed by atoms with Crippen LogP contribution in [0.15, 0.2) is 12.1 Å². The molecule has 0 amide bonds. The van der Waals surface area contributed by atoms with Gasteiger partial charge in [0.25, 0.3) is 0 Å². The van der Waals surface area contributed by atoms with Gasteiger partial charge in [0.05, 0.1) is 0 Å². The zero-order chi connectivity index (χ0) is 13.1. The Hall–Kier alpha value is -0.853. The summed E-state index contributed by atoms with van der Waals surface area (Å²) in [6.07, 6.45) is 0. The van der Waals surface area contributed by atoms with Gasteiger partial charge in [0, 0.05) is 26.3 Å². The zero-order valence-corrected chi connectivity index (χ0v) is 11.0. The highest BCUT2D eigenvalue weighted by Gasteiger charge is 2.34. The van der Waals surface area contributed by atoms with Crippen molar-refractivity contribution in [1.29, 1.82) is 0 Å². The van der Waals surface area contributed by atoms with Crippen molar-refractivity contribution in [1.82, 2.24) is 0 Å². The van der Waals surface area contributed by atoms with E-state index in [0.29, 0.717) is 12.1 Å². The van der Waals surface area contributed by atoms with Crippen molar-refractivity contribution in [3.63, 3.8) is 0 Å². The van der Waals surface area contributed by atoms with Crippen LogP contribution in [0.3, 0.4) is 0 Å². The van der Waals surface area contributed by atoms with Crippen molar-refractivity contribution < 1.29 is 22.0 Å². The van der Waals surface area contributed by atoms with Gasteiger partial charge in [-0.2, -0.15) is 0 Å². The third-order valence-corrected chi connectivity index (χ3v) is 6.32. The standard InChI is InChI=1S/C11H15F3O2Si/c1-4-17(15-2,16-3)7-8-5-10(13)11(14)6-9(8)12/h5-6H,4,7H2,1-3H3. The third-order valence-electron chi connectivity index (χ3n) is 2.83. The van der Waals surface area contributed by atoms with E-state index in [2.05, 4.69) is 0 Å². The van der Waals surface area contributed by atoms with Gasteiger partial charge in [0.15, 0.2) is 11.6 Å². The normalized spacial score (nSPS) is 11.9.